The second kappa shape index (κ2) is 5.36. The Bertz CT molecular complexity index is 1940. The maximum atomic E-state index is 6.61. The van der Waals surface area contributed by atoms with Crippen molar-refractivity contribution in [2.75, 3.05) is 0 Å². The lowest BCUT2D eigenvalue weighted by molar-refractivity contribution is 0.481. The van der Waals surface area contributed by atoms with Gasteiger partial charge >= 0.3 is 0 Å². The van der Waals surface area contributed by atoms with Crippen LogP contribution in [0.2, 0.25) is 0 Å². The first kappa shape index (κ1) is 16.3. The molecule has 0 saturated heterocycles. The van der Waals surface area contributed by atoms with Crippen LogP contribution in [0.3, 0.4) is 0 Å². The summed E-state index contributed by atoms with van der Waals surface area (Å²) in [5, 5.41) is 9.04. The lowest BCUT2D eigenvalue weighted by Crippen LogP contribution is -2.00. The third-order valence-electron chi connectivity index (χ3n) is 7.81. The van der Waals surface area contributed by atoms with Gasteiger partial charge in [0, 0.05) is 39.7 Å². The summed E-state index contributed by atoms with van der Waals surface area (Å²) in [5.74, 6) is 2.05. The first-order valence-electron chi connectivity index (χ1n) is 11.5. The second-order valence-electron chi connectivity index (χ2n) is 9.35. The van der Waals surface area contributed by atoms with Gasteiger partial charge in [-0.15, -0.1) is 0 Å². The van der Waals surface area contributed by atoms with Gasteiger partial charge < -0.3 is 9.30 Å². The van der Waals surface area contributed by atoms with Gasteiger partial charge in [0.1, 0.15) is 11.5 Å². The Labute approximate surface area is 189 Å². The van der Waals surface area contributed by atoms with Crippen molar-refractivity contribution < 1.29 is 4.74 Å². The third kappa shape index (κ3) is 1.84. The van der Waals surface area contributed by atoms with Gasteiger partial charge in [0.05, 0.1) is 5.52 Å². The van der Waals surface area contributed by atoms with Crippen LogP contribution in [0, 0.1) is 0 Å². The molecule has 2 heteroatoms. The molecule has 0 radical (unpaired) electrons. The van der Waals surface area contributed by atoms with Crippen molar-refractivity contribution in [2.24, 2.45) is 0 Å². The van der Waals surface area contributed by atoms with Crippen LogP contribution in [-0.2, 0) is 0 Å². The van der Waals surface area contributed by atoms with Crippen molar-refractivity contribution >= 4 is 61.6 Å². The smallest absolute Gasteiger partial charge is 0.135 e. The number of nitrogens with zero attached hydrogens (tertiary/aromatic N) is 1. The largest absolute Gasteiger partial charge is 0.456 e. The van der Waals surface area contributed by atoms with E-state index in [1.165, 1.54) is 60.0 Å². The quantitative estimate of drug-likeness (QED) is 0.225. The fourth-order valence-corrected chi connectivity index (χ4v) is 6.37. The molecule has 9 rings (SSSR count). The van der Waals surface area contributed by atoms with Gasteiger partial charge in [-0.1, -0.05) is 60.7 Å². The standard InChI is InChI=1S/C31H17NO/c1-2-20-21-14-15-32-25-12-8-17-4-6-19-7-5-18-9-13-28-23(11-10-22(20)27(3-1)33-28)29(18)31(19)30(17)24(25)16-26(21)32/h1-16,21H. The molecule has 1 aromatic heterocycles. The topological polar surface area (TPSA) is 14.2 Å². The summed E-state index contributed by atoms with van der Waals surface area (Å²) in [4.78, 5) is 0. The molecule has 4 bridgehead atoms. The Balaban J connectivity index is 1.66. The summed E-state index contributed by atoms with van der Waals surface area (Å²) in [6, 6.07) is 26.8. The zero-order chi connectivity index (χ0) is 21.3. The molecule has 3 aliphatic rings. The van der Waals surface area contributed by atoms with E-state index in [0.29, 0.717) is 0 Å². The number of fused-ring (bicyclic) bond motifs is 2. The van der Waals surface area contributed by atoms with Gasteiger partial charge in [-0.05, 0) is 62.8 Å². The van der Waals surface area contributed by atoms with Crippen LogP contribution in [0.15, 0.2) is 78.9 Å². The second-order valence-corrected chi connectivity index (χ2v) is 9.35. The van der Waals surface area contributed by atoms with E-state index in [9.17, 15) is 0 Å². The summed E-state index contributed by atoms with van der Waals surface area (Å²) in [6.07, 6.45) is 9.10. The Morgan fingerprint density at radius 3 is 2.30 bits per heavy atom. The number of hydrogen-bond acceptors (Lipinski definition) is 1. The van der Waals surface area contributed by atoms with E-state index < -0.39 is 0 Å². The van der Waals surface area contributed by atoms with E-state index in [1.54, 1.807) is 0 Å². The molecule has 152 valence electrons. The van der Waals surface area contributed by atoms with Gasteiger partial charge in [-0.2, -0.15) is 0 Å². The minimum Gasteiger partial charge on any atom is -0.456 e. The fraction of sp³-hybridized carbons (Fsp3) is 0.0323. The molecule has 0 amide bonds. The average molecular weight is 419 g/mol. The van der Waals surface area contributed by atoms with Crippen molar-refractivity contribution in [3.8, 4) is 11.5 Å². The Morgan fingerprint density at radius 1 is 0.667 bits per heavy atom. The van der Waals surface area contributed by atoms with Crippen LogP contribution in [0.5, 0.6) is 11.5 Å². The summed E-state index contributed by atoms with van der Waals surface area (Å²) >= 11 is 0. The molecule has 5 aromatic carbocycles. The van der Waals surface area contributed by atoms with Gasteiger partial charge in [0.25, 0.3) is 0 Å². The van der Waals surface area contributed by atoms with Crippen LogP contribution in [0.4, 0.5) is 0 Å². The number of allylic oxidation sites excluding steroid dienone is 1. The predicted molar refractivity (Wildman–Crippen MR) is 137 cm³/mol. The molecule has 0 fully saturated rings. The highest BCUT2D eigenvalue weighted by Crippen LogP contribution is 2.48. The minimum atomic E-state index is 0.200. The molecule has 6 aromatic rings. The van der Waals surface area contributed by atoms with Crippen molar-refractivity contribution in [1.82, 2.24) is 4.57 Å². The molecular formula is C31H17NO. The molecule has 2 nitrogen and oxygen atoms in total. The van der Waals surface area contributed by atoms with Crippen LogP contribution in [-0.4, -0.2) is 4.57 Å². The summed E-state index contributed by atoms with van der Waals surface area (Å²) < 4.78 is 8.99. The molecule has 0 saturated carbocycles. The van der Waals surface area contributed by atoms with E-state index in [1.807, 2.05) is 0 Å². The molecule has 3 heterocycles. The number of benzene rings is 5. The summed E-state index contributed by atoms with van der Waals surface area (Å²) in [6.45, 7) is 0. The Hall–Kier alpha value is -4.30. The molecule has 0 N–H and O–H groups in total. The zero-order valence-electron chi connectivity index (χ0n) is 17.7. The third-order valence-corrected chi connectivity index (χ3v) is 7.81. The van der Waals surface area contributed by atoms with Crippen LogP contribution >= 0.6 is 0 Å². The first-order chi connectivity index (χ1) is 16.3. The average Bonchev–Trinajstić information content (AvgIpc) is 3.35. The highest BCUT2D eigenvalue weighted by Gasteiger charge is 2.28. The highest BCUT2D eigenvalue weighted by molar-refractivity contribution is 6.29. The normalized spacial score (nSPS) is 16.8. The van der Waals surface area contributed by atoms with Crippen molar-refractivity contribution in [2.45, 2.75) is 5.92 Å². The van der Waals surface area contributed by atoms with Crippen molar-refractivity contribution in [1.29, 1.82) is 0 Å². The van der Waals surface area contributed by atoms with Crippen molar-refractivity contribution in [3.63, 3.8) is 0 Å². The van der Waals surface area contributed by atoms with Crippen LogP contribution in [0.25, 0.3) is 61.6 Å². The minimum absolute atomic E-state index is 0.200. The highest BCUT2D eigenvalue weighted by atomic mass is 16.5. The van der Waals surface area contributed by atoms with E-state index in [-0.39, 0.29) is 5.92 Å². The lowest BCUT2D eigenvalue weighted by atomic mass is 9.89. The maximum Gasteiger partial charge on any atom is 0.135 e. The van der Waals surface area contributed by atoms with Gasteiger partial charge in [0.15, 0.2) is 0 Å². The zero-order valence-corrected chi connectivity index (χ0v) is 17.7. The Kier molecular flexibility index (Phi) is 2.66. The van der Waals surface area contributed by atoms with E-state index in [4.69, 9.17) is 4.74 Å². The number of aromatic nitrogens is 1. The van der Waals surface area contributed by atoms with Gasteiger partial charge in [0.2, 0.25) is 0 Å². The van der Waals surface area contributed by atoms with Crippen LogP contribution in [0.1, 0.15) is 28.3 Å². The number of rotatable bonds is 0. The lowest BCUT2D eigenvalue weighted by Gasteiger charge is -2.16. The van der Waals surface area contributed by atoms with E-state index in [0.717, 1.165) is 17.1 Å². The molecule has 1 unspecified atom stereocenters. The molecule has 1 aliphatic carbocycles. The number of hydrogen-bond donors (Lipinski definition) is 0. The maximum absolute atomic E-state index is 6.61. The predicted octanol–water partition coefficient (Wildman–Crippen LogP) is 8.31. The van der Waals surface area contributed by atoms with E-state index in [2.05, 4.69) is 102 Å². The van der Waals surface area contributed by atoms with Gasteiger partial charge in [-0.25, -0.2) is 0 Å². The van der Waals surface area contributed by atoms with Gasteiger partial charge in [-0.3, -0.25) is 0 Å². The van der Waals surface area contributed by atoms with E-state index >= 15 is 0 Å². The SMILES string of the molecule is C1=Cc2c3ccc4ccc5ccc6ccc7c(cc8n7C=CC8c7cccc(c71)O3)c6c5c24. The fourth-order valence-electron chi connectivity index (χ4n) is 6.37. The molecular weight excluding hydrogens is 402 g/mol. The molecule has 33 heavy (non-hydrogen) atoms. The van der Waals surface area contributed by atoms with Crippen molar-refractivity contribution in [3.05, 3.63) is 101 Å². The first-order valence-corrected chi connectivity index (χ1v) is 11.5. The molecule has 2 aliphatic heterocycles. The summed E-state index contributed by atoms with van der Waals surface area (Å²) in [7, 11) is 0. The monoisotopic (exact) mass is 419 g/mol. The number of ether oxygens (including phenoxy) is 1. The molecule has 0 spiro atoms. The summed E-state index contributed by atoms with van der Waals surface area (Å²) in [5.41, 5.74) is 6.21. The van der Waals surface area contributed by atoms with Crippen LogP contribution < -0.4 is 4.74 Å². The Morgan fingerprint density at radius 2 is 1.39 bits per heavy atom. The molecule has 1 atom stereocenters.